The van der Waals surface area contributed by atoms with Crippen LogP contribution >= 0.6 is 0 Å². The lowest BCUT2D eigenvalue weighted by Gasteiger charge is -2.38. The molecule has 110 valence electrons. The molecule has 1 heterocycles. The van der Waals surface area contributed by atoms with Crippen LogP contribution in [0.15, 0.2) is 0 Å². The predicted octanol–water partition coefficient (Wildman–Crippen LogP) is 1.79. The maximum absolute atomic E-state index is 11.5. The van der Waals surface area contributed by atoms with Crippen molar-refractivity contribution >= 4 is 5.97 Å². The number of unbranched alkanes of at least 4 members (excludes halogenated alkanes) is 1. The number of ether oxygens (including phenoxy) is 1. The molecule has 0 aromatic heterocycles. The molecule has 0 amide bonds. The summed E-state index contributed by atoms with van der Waals surface area (Å²) in [4.78, 5) is 13.7. The predicted molar refractivity (Wildman–Crippen MR) is 76.0 cm³/mol. The zero-order valence-corrected chi connectivity index (χ0v) is 12.4. The van der Waals surface area contributed by atoms with E-state index in [9.17, 15) is 4.79 Å². The molecule has 2 unspecified atom stereocenters. The van der Waals surface area contributed by atoms with Crippen molar-refractivity contribution in [3.05, 3.63) is 0 Å². The minimum atomic E-state index is -0.110. The average molecular weight is 268 g/mol. The lowest BCUT2D eigenvalue weighted by Crippen LogP contribution is -2.51. The van der Waals surface area contributed by atoms with Gasteiger partial charge in [0, 0.05) is 25.2 Å². The van der Waals surface area contributed by atoms with E-state index in [1.165, 1.54) is 45.6 Å². The molecule has 19 heavy (non-hydrogen) atoms. The zero-order valence-electron chi connectivity index (χ0n) is 12.4. The van der Waals surface area contributed by atoms with E-state index in [0.29, 0.717) is 12.6 Å². The molecule has 1 aliphatic carbocycles. The van der Waals surface area contributed by atoms with Gasteiger partial charge in [-0.05, 0) is 31.6 Å². The molecule has 2 aliphatic rings. The summed E-state index contributed by atoms with van der Waals surface area (Å²) in [6, 6.07) is 1.31. The fourth-order valence-electron chi connectivity index (χ4n) is 3.09. The van der Waals surface area contributed by atoms with Crippen LogP contribution < -0.4 is 5.32 Å². The van der Waals surface area contributed by atoms with Crippen LogP contribution in [0.5, 0.6) is 0 Å². The van der Waals surface area contributed by atoms with Gasteiger partial charge in [0.15, 0.2) is 0 Å². The van der Waals surface area contributed by atoms with E-state index in [1.54, 1.807) is 0 Å². The van der Waals surface area contributed by atoms with Crippen LogP contribution in [0.3, 0.4) is 0 Å². The lowest BCUT2D eigenvalue weighted by atomic mass is 9.90. The van der Waals surface area contributed by atoms with Crippen LogP contribution in [-0.4, -0.2) is 49.7 Å². The van der Waals surface area contributed by atoms with Gasteiger partial charge in [-0.1, -0.05) is 19.8 Å². The van der Waals surface area contributed by atoms with Gasteiger partial charge < -0.3 is 10.1 Å². The number of nitrogens with zero attached hydrogens (tertiary/aromatic N) is 1. The molecule has 0 spiro atoms. The van der Waals surface area contributed by atoms with Gasteiger partial charge >= 0.3 is 5.97 Å². The Morgan fingerprint density at radius 2 is 2.11 bits per heavy atom. The van der Waals surface area contributed by atoms with Crippen molar-refractivity contribution in [2.45, 2.75) is 57.5 Å². The highest BCUT2D eigenvalue weighted by atomic mass is 16.5. The maximum atomic E-state index is 11.5. The average Bonchev–Trinajstić information content (AvgIpc) is 3.20. The molecule has 0 radical (unpaired) electrons. The first kappa shape index (κ1) is 14.8. The molecule has 1 N–H and O–H groups in total. The first-order valence-corrected chi connectivity index (χ1v) is 7.76. The van der Waals surface area contributed by atoms with Crippen LogP contribution in [0, 0.1) is 5.92 Å². The molecule has 1 saturated heterocycles. The van der Waals surface area contributed by atoms with Crippen molar-refractivity contribution in [3.8, 4) is 0 Å². The summed E-state index contributed by atoms with van der Waals surface area (Å²) >= 11 is 0. The van der Waals surface area contributed by atoms with Crippen LogP contribution in [0.4, 0.5) is 0 Å². The molecule has 4 nitrogen and oxygen atoms in total. The largest absolute Gasteiger partial charge is 0.468 e. The Kier molecular flexibility index (Phi) is 5.64. The number of rotatable bonds is 7. The SMILES string of the molecule is CCCCC1CC(NC2CC2)CN(CC(=O)OC)C1. The fourth-order valence-corrected chi connectivity index (χ4v) is 3.09. The molecule has 2 atom stereocenters. The molecular weight excluding hydrogens is 240 g/mol. The number of carbonyl (C=O) groups is 1. The molecule has 1 saturated carbocycles. The van der Waals surface area contributed by atoms with Gasteiger partial charge in [-0.2, -0.15) is 0 Å². The summed E-state index contributed by atoms with van der Waals surface area (Å²) in [6.07, 6.45) is 7.77. The third-order valence-corrected chi connectivity index (χ3v) is 4.21. The molecule has 2 rings (SSSR count). The van der Waals surface area contributed by atoms with Gasteiger partial charge in [0.2, 0.25) is 0 Å². The Morgan fingerprint density at radius 3 is 2.74 bits per heavy atom. The van der Waals surface area contributed by atoms with Gasteiger partial charge in [0.25, 0.3) is 0 Å². The normalized spacial score (nSPS) is 28.3. The topological polar surface area (TPSA) is 41.6 Å². The van der Waals surface area contributed by atoms with Gasteiger partial charge in [-0.3, -0.25) is 9.69 Å². The minimum Gasteiger partial charge on any atom is -0.468 e. The first-order chi connectivity index (χ1) is 9.21. The monoisotopic (exact) mass is 268 g/mol. The third kappa shape index (κ3) is 5.11. The molecule has 0 bridgehead atoms. The molecule has 0 aromatic carbocycles. The Bertz CT molecular complexity index is 292. The van der Waals surface area contributed by atoms with E-state index in [1.807, 2.05) is 0 Å². The van der Waals surface area contributed by atoms with E-state index in [0.717, 1.165) is 25.0 Å². The second-order valence-electron chi connectivity index (χ2n) is 6.15. The molecule has 1 aliphatic heterocycles. The summed E-state index contributed by atoms with van der Waals surface area (Å²) < 4.78 is 4.80. The number of piperidine rings is 1. The number of nitrogens with one attached hydrogen (secondary N) is 1. The third-order valence-electron chi connectivity index (χ3n) is 4.21. The maximum Gasteiger partial charge on any atom is 0.319 e. The Hall–Kier alpha value is -0.610. The van der Waals surface area contributed by atoms with Crippen LogP contribution in [0.1, 0.15) is 45.4 Å². The number of likely N-dealkylation sites (tertiary alicyclic amines) is 1. The van der Waals surface area contributed by atoms with Gasteiger partial charge in [-0.15, -0.1) is 0 Å². The smallest absolute Gasteiger partial charge is 0.319 e. The Balaban J connectivity index is 1.84. The molecule has 4 heteroatoms. The fraction of sp³-hybridized carbons (Fsp3) is 0.933. The highest BCUT2D eigenvalue weighted by Crippen LogP contribution is 2.26. The highest BCUT2D eigenvalue weighted by Gasteiger charge is 2.31. The first-order valence-electron chi connectivity index (χ1n) is 7.76. The van der Waals surface area contributed by atoms with Crippen molar-refractivity contribution < 1.29 is 9.53 Å². The lowest BCUT2D eigenvalue weighted by molar-refractivity contribution is -0.142. The number of hydrogen-bond donors (Lipinski definition) is 1. The second-order valence-corrected chi connectivity index (χ2v) is 6.15. The van der Waals surface area contributed by atoms with E-state index < -0.39 is 0 Å². The quantitative estimate of drug-likeness (QED) is 0.715. The summed E-state index contributed by atoms with van der Waals surface area (Å²) in [7, 11) is 1.47. The summed E-state index contributed by atoms with van der Waals surface area (Å²) in [6.45, 7) is 4.74. The van der Waals surface area contributed by atoms with Gasteiger partial charge in [-0.25, -0.2) is 0 Å². The summed E-state index contributed by atoms with van der Waals surface area (Å²) in [5, 5.41) is 3.73. The summed E-state index contributed by atoms with van der Waals surface area (Å²) in [5.41, 5.74) is 0. The van der Waals surface area contributed by atoms with Crippen LogP contribution in [-0.2, 0) is 9.53 Å². The van der Waals surface area contributed by atoms with Crippen molar-refractivity contribution in [1.82, 2.24) is 10.2 Å². The van der Waals surface area contributed by atoms with Crippen molar-refractivity contribution in [1.29, 1.82) is 0 Å². The molecular formula is C15H28N2O2. The standard InChI is InChI=1S/C15H28N2O2/c1-3-4-5-12-8-14(16-13-6-7-13)10-17(9-12)11-15(18)19-2/h12-14,16H,3-11H2,1-2H3. The van der Waals surface area contributed by atoms with E-state index >= 15 is 0 Å². The van der Waals surface area contributed by atoms with Crippen LogP contribution in [0.2, 0.25) is 0 Å². The molecule has 2 fully saturated rings. The number of hydrogen-bond acceptors (Lipinski definition) is 4. The zero-order chi connectivity index (χ0) is 13.7. The molecule has 0 aromatic rings. The van der Waals surface area contributed by atoms with Crippen LogP contribution in [0.25, 0.3) is 0 Å². The van der Waals surface area contributed by atoms with Crippen molar-refractivity contribution in [2.24, 2.45) is 5.92 Å². The Morgan fingerprint density at radius 1 is 1.32 bits per heavy atom. The van der Waals surface area contributed by atoms with E-state index in [2.05, 4.69) is 17.1 Å². The number of methoxy groups -OCH3 is 1. The van der Waals surface area contributed by atoms with E-state index in [4.69, 9.17) is 4.74 Å². The second kappa shape index (κ2) is 7.25. The number of carbonyl (C=O) groups excluding carboxylic acids is 1. The minimum absolute atomic E-state index is 0.110. The van der Waals surface area contributed by atoms with Crippen molar-refractivity contribution in [3.63, 3.8) is 0 Å². The van der Waals surface area contributed by atoms with Gasteiger partial charge in [0.05, 0.1) is 13.7 Å². The Labute approximate surface area is 116 Å². The number of esters is 1. The van der Waals surface area contributed by atoms with Gasteiger partial charge in [0.1, 0.15) is 0 Å². The summed E-state index contributed by atoms with van der Waals surface area (Å²) in [5.74, 6) is 0.621. The van der Waals surface area contributed by atoms with Crippen molar-refractivity contribution in [2.75, 3.05) is 26.7 Å². The highest BCUT2D eigenvalue weighted by molar-refractivity contribution is 5.71. The van der Waals surface area contributed by atoms with E-state index in [-0.39, 0.29) is 5.97 Å².